The van der Waals surface area contributed by atoms with Crippen LogP contribution in [0.25, 0.3) is 0 Å². The van der Waals surface area contributed by atoms with Crippen molar-refractivity contribution in [2.24, 2.45) is 0 Å². The molecule has 0 radical (unpaired) electrons. The SMILES string of the molecule is CN(CC(F)F)C(C)(C)SS. The van der Waals surface area contributed by atoms with Gasteiger partial charge in [0.25, 0.3) is 6.43 Å². The van der Waals surface area contributed by atoms with Crippen molar-refractivity contribution in [3.63, 3.8) is 0 Å². The number of halogens is 2. The summed E-state index contributed by atoms with van der Waals surface area (Å²) in [6, 6.07) is 0. The van der Waals surface area contributed by atoms with Crippen LogP contribution in [0, 0.1) is 0 Å². The highest BCUT2D eigenvalue weighted by atomic mass is 33.1. The number of hydrogen-bond donors (Lipinski definition) is 1. The number of nitrogens with zero attached hydrogens (tertiary/aromatic N) is 1. The van der Waals surface area contributed by atoms with E-state index < -0.39 is 6.43 Å². The van der Waals surface area contributed by atoms with E-state index in [-0.39, 0.29) is 11.4 Å². The van der Waals surface area contributed by atoms with Gasteiger partial charge in [0, 0.05) is 0 Å². The van der Waals surface area contributed by atoms with Crippen molar-refractivity contribution in [3.05, 3.63) is 0 Å². The predicted molar refractivity (Wildman–Crippen MR) is 49.3 cm³/mol. The lowest BCUT2D eigenvalue weighted by atomic mass is 10.3. The summed E-state index contributed by atoms with van der Waals surface area (Å²) in [7, 11) is 2.93. The lowest BCUT2D eigenvalue weighted by Crippen LogP contribution is -2.40. The fourth-order valence-corrected chi connectivity index (χ4v) is 1.13. The first-order valence-electron chi connectivity index (χ1n) is 3.22. The monoisotopic (exact) mass is 201 g/mol. The van der Waals surface area contributed by atoms with E-state index in [1.807, 2.05) is 13.8 Å². The largest absolute Gasteiger partial charge is 0.286 e. The molecule has 0 bridgehead atoms. The third-order valence-electron chi connectivity index (χ3n) is 1.55. The summed E-state index contributed by atoms with van der Waals surface area (Å²) >= 11 is 3.99. The third-order valence-corrected chi connectivity index (χ3v) is 3.65. The van der Waals surface area contributed by atoms with E-state index in [1.54, 1.807) is 11.9 Å². The van der Waals surface area contributed by atoms with E-state index in [0.717, 1.165) is 0 Å². The van der Waals surface area contributed by atoms with Crippen LogP contribution < -0.4 is 0 Å². The fourth-order valence-electron chi connectivity index (χ4n) is 0.497. The molecule has 0 aliphatic heterocycles. The molecule has 0 aromatic heterocycles. The normalized spacial score (nSPS) is 13.1. The van der Waals surface area contributed by atoms with Crippen LogP contribution in [0.4, 0.5) is 8.78 Å². The second-order valence-electron chi connectivity index (χ2n) is 2.81. The van der Waals surface area contributed by atoms with Gasteiger partial charge in [-0.2, -0.15) is 0 Å². The molecule has 0 rings (SSSR count). The topological polar surface area (TPSA) is 3.24 Å². The smallest absolute Gasteiger partial charge is 0.251 e. The molecule has 0 amide bonds. The number of alkyl halides is 2. The second kappa shape index (κ2) is 4.52. The van der Waals surface area contributed by atoms with E-state index in [0.29, 0.717) is 0 Å². The minimum absolute atomic E-state index is 0.208. The molecule has 0 saturated heterocycles. The summed E-state index contributed by atoms with van der Waals surface area (Å²) in [5, 5.41) is 0. The van der Waals surface area contributed by atoms with E-state index in [2.05, 4.69) is 11.7 Å². The Bertz CT molecular complexity index is 119. The Morgan fingerprint density at radius 2 is 2.00 bits per heavy atom. The van der Waals surface area contributed by atoms with Crippen LogP contribution in [0.2, 0.25) is 0 Å². The summed E-state index contributed by atoms with van der Waals surface area (Å²) in [5.74, 6) is 0. The van der Waals surface area contributed by atoms with Gasteiger partial charge in [-0.3, -0.25) is 4.90 Å². The quantitative estimate of drug-likeness (QED) is 0.423. The van der Waals surface area contributed by atoms with Crippen molar-refractivity contribution in [2.45, 2.75) is 25.1 Å². The van der Waals surface area contributed by atoms with E-state index in [4.69, 9.17) is 0 Å². The van der Waals surface area contributed by atoms with Crippen LogP contribution in [0.1, 0.15) is 13.8 Å². The first-order chi connectivity index (χ1) is 4.90. The van der Waals surface area contributed by atoms with Crippen molar-refractivity contribution in [1.82, 2.24) is 4.90 Å². The van der Waals surface area contributed by atoms with Crippen molar-refractivity contribution >= 4 is 22.5 Å². The molecule has 0 unspecified atom stereocenters. The predicted octanol–water partition coefficient (Wildman–Crippen LogP) is 2.50. The van der Waals surface area contributed by atoms with Gasteiger partial charge in [0.15, 0.2) is 0 Å². The van der Waals surface area contributed by atoms with Crippen molar-refractivity contribution in [3.8, 4) is 0 Å². The van der Waals surface area contributed by atoms with E-state index in [1.165, 1.54) is 10.8 Å². The Morgan fingerprint density at radius 1 is 1.55 bits per heavy atom. The number of rotatable bonds is 4. The molecule has 0 aliphatic carbocycles. The van der Waals surface area contributed by atoms with Crippen molar-refractivity contribution in [2.75, 3.05) is 13.6 Å². The Labute approximate surface area is 75.3 Å². The van der Waals surface area contributed by atoms with E-state index in [9.17, 15) is 8.78 Å². The molecule has 0 fully saturated rings. The fraction of sp³-hybridized carbons (Fsp3) is 1.00. The molecule has 0 saturated carbocycles. The van der Waals surface area contributed by atoms with Gasteiger partial charge in [0.05, 0.1) is 11.4 Å². The Kier molecular flexibility index (Phi) is 4.74. The molecule has 1 nitrogen and oxygen atoms in total. The standard InChI is InChI=1S/C6H13F2NS2/c1-6(2,11-10)9(3)4-5(7)8/h5,10H,4H2,1-3H3. The maximum Gasteiger partial charge on any atom is 0.251 e. The van der Waals surface area contributed by atoms with Crippen molar-refractivity contribution < 1.29 is 8.78 Å². The molecular formula is C6H13F2NS2. The molecule has 0 heterocycles. The summed E-state index contributed by atoms with van der Waals surface area (Å²) < 4.78 is 23.8. The van der Waals surface area contributed by atoms with E-state index >= 15 is 0 Å². The van der Waals surface area contributed by atoms with Crippen LogP contribution in [0.3, 0.4) is 0 Å². The Morgan fingerprint density at radius 3 is 2.27 bits per heavy atom. The molecule has 0 spiro atoms. The highest BCUT2D eigenvalue weighted by Crippen LogP contribution is 2.30. The zero-order valence-corrected chi connectivity index (χ0v) is 8.55. The van der Waals surface area contributed by atoms with Crippen molar-refractivity contribution in [1.29, 1.82) is 0 Å². The van der Waals surface area contributed by atoms with Gasteiger partial charge in [0.1, 0.15) is 0 Å². The molecular weight excluding hydrogens is 188 g/mol. The van der Waals surface area contributed by atoms with Gasteiger partial charge in [-0.05, 0) is 20.9 Å². The van der Waals surface area contributed by atoms with Crippen LogP contribution >= 0.6 is 22.5 Å². The van der Waals surface area contributed by atoms with Gasteiger partial charge in [0.2, 0.25) is 0 Å². The van der Waals surface area contributed by atoms with Crippen LogP contribution in [-0.4, -0.2) is 29.8 Å². The number of thiol groups is 1. The third kappa shape index (κ3) is 4.18. The molecule has 0 aromatic carbocycles. The summed E-state index contributed by atoms with van der Waals surface area (Å²) in [4.78, 5) is 1.24. The molecule has 5 heteroatoms. The minimum atomic E-state index is -2.28. The van der Waals surface area contributed by atoms with Crippen LogP contribution in [0.15, 0.2) is 0 Å². The zero-order valence-electron chi connectivity index (χ0n) is 6.84. The summed E-state index contributed by atoms with van der Waals surface area (Å²) in [6.07, 6.45) is -2.28. The first kappa shape index (κ1) is 11.5. The van der Waals surface area contributed by atoms with Crippen LogP contribution in [-0.2, 0) is 0 Å². The molecule has 0 N–H and O–H groups in total. The molecule has 11 heavy (non-hydrogen) atoms. The molecule has 0 aliphatic rings. The minimum Gasteiger partial charge on any atom is -0.286 e. The summed E-state index contributed by atoms with van der Waals surface area (Å²) in [6.45, 7) is 3.50. The average Bonchev–Trinajstić information content (AvgIpc) is 1.86. The van der Waals surface area contributed by atoms with Gasteiger partial charge in [-0.1, -0.05) is 10.8 Å². The molecule has 68 valence electrons. The first-order valence-corrected chi connectivity index (χ1v) is 5.09. The lowest BCUT2D eigenvalue weighted by Gasteiger charge is -2.32. The average molecular weight is 201 g/mol. The van der Waals surface area contributed by atoms with Gasteiger partial charge >= 0.3 is 0 Å². The molecule has 0 atom stereocenters. The second-order valence-corrected chi connectivity index (χ2v) is 4.54. The lowest BCUT2D eigenvalue weighted by molar-refractivity contribution is 0.0806. The highest BCUT2D eigenvalue weighted by Gasteiger charge is 2.24. The van der Waals surface area contributed by atoms with Gasteiger partial charge < -0.3 is 0 Å². The summed E-state index contributed by atoms with van der Waals surface area (Å²) in [5.41, 5.74) is 0. The van der Waals surface area contributed by atoms with Gasteiger partial charge in [-0.15, -0.1) is 11.7 Å². The highest BCUT2D eigenvalue weighted by molar-refractivity contribution is 8.69. The molecule has 0 aromatic rings. The maximum absolute atomic E-state index is 11.9. The zero-order chi connectivity index (χ0) is 9.07. The maximum atomic E-state index is 11.9. The van der Waals surface area contributed by atoms with Crippen LogP contribution in [0.5, 0.6) is 0 Å². The van der Waals surface area contributed by atoms with Gasteiger partial charge in [-0.25, -0.2) is 8.78 Å². The Balaban J connectivity index is 3.90. The Hall–Kier alpha value is 0.520. The number of hydrogen-bond acceptors (Lipinski definition) is 3.